The molecule has 6 nitrogen and oxygen atoms in total. The first kappa shape index (κ1) is 12.9. The number of hydrogen-bond donors (Lipinski definition) is 2. The van der Waals surface area contributed by atoms with Gasteiger partial charge in [-0.05, 0) is 19.8 Å². The van der Waals surface area contributed by atoms with E-state index in [9.17, 15) is 14.4 Å². The highest BCUT2D eigenvalue weighted by atomic mass is 16.2. The van der Waals surface area contributed by atoms with Crippen LogP contribution in [0.25, 0.3) is 0 Å². The van der Waals surface area contributed by atoms with Crippen LogP contribution in [0, 0.1) is 11.3 Å². The molecule has 2 aliphatic rings. The SMILES string of the molecule is CC1(C(N)=O)CCN(C(=O)C2CCC(=O)NC2)C1. The van der Waals surface area contributed by atoms with Gasteiger partial charge in [0.15, 0.2) is 0 Å². The smallest absolute Gasteiger partial charge is 0.227 e. The Morgan fingerprint density at radius 1 is 1.50 bits per heavy atom. The number of nitrogens with one attached hydrogen (secondary N) is 1. The fourth-order valence-electron chi connectivity index (χ4n) is 2.55. The molecule has 0 saturated carbocycles. The number of piperidine rings is 1. The van der Waals surface area contributed by atoms with Crippen LogP contribution in [0.2, 0.25) is 0 Å². The van der Waals surface area contributed by atoms with Gasteiger partial charge in [0.05, 0.1) is 11.3 Å². The van der Waals surface area contributed by atoms with Crippen LogP contribution >= 0.6 is 0 Å². The minimum absolute atomic E-state index is 0.00227. The average molecular weight is 253 g/mol. The number of carbonyl (C=O) groups is 3. The number of carbonyl (C=O) groups excluding carboxylic acids is 3. The highest BCUT2D eigenvalue weighted by molar-refractivity contribution is 5.86. The fourth-order valence-corrected chi connectivity index (χ4v) is 2.55. The largest absolute Gasteiger partial charge is 0.369 e. The topological polar surface area (TPSA) is 92.5 Å². The van der Waals surface area contributed by atoms with Crippen molar-refractivity contribution in [1.82, 2.24) is 10.2 Å². The third-order valence-corrected chi connectivity index (χ3v) is 3.99. The van der Waals surface area contributed by atoms with Gasteiger partial charge in [0.25, 0.3) is 0 Å². The summed E-state index contributed by atoms with van der Waals surface area (Å²) in [6, 6.07) is 0. The molecule has 0 bridgehead atoms. The number of rotatable bonds is 2. The molecule has 0 aromatic carbocycles. The summed E-state index contributed by atoms with van der Waals surface area (Å²) in [4.78, 5) is 36.3. The predicted molar refractivity (Wildman–Crippen MR) is 64.2 cm³/mol. The summed E-state index contributed by atoms with van der Waals surface area (Å²) in [5.74, 6) is -0.477. The van der Waals surface area contributed by atoms with Crippen molar-refractivity contribution in [3.63, 3.8) is 0 Å². The van der Waals surface area contributed by atoms with Gasteiger partial charge >= 0.3 is 0 Å². The Balaban J connectivity index is 1.95. The van der Waals surface area contributed by atoms with E-state index in [1.807, 2.05) is 0 Å². The Hall–Kier alpha value is -1.59. The summed E-state index contributed by atoms with van der Waals surface area (Å²) in [5.41, 5.74) is 4.75. The van der Waals surface area contributed by atoms with E-state index in [4.69, 9.17) is 5.73 Å². The molecular weight excluding hydrogens is 234 g/mol. The van der Waals surface area contributed by atoms with Crippen LogP contribution in [0.15, 0.2) is 0 Å². The lowest BCUT2D eigenvalue weighted by Gasteiger charge is -2.27. The monoisotopic (exact) mass is 253 g/mol. The molecule has 0 radical (unpaired) electrons. The Morgan fingerprint density at radius 2 is 2.22 bits per heavy atom. The third-order valence-electron chi connectivity index (χ3n) is 3.99. The average Bonchev–Trinajstić information content (AvgIpc) is 2.73. The number of nitrogens with two attached hydrogens (primary N) is 1. The maximum atomic E-state index is 12.2. The first-order valence-corrected chi connectivity index (χ1v) is 6.28. The molecule has 2 aliphatic heterocycles. The molecule has 6 heteroatoms. The molecule has 2 rings (SSSR count). The molecule has 0 aliphatic carbocycles. The van der Waals surface area contributed by atoms with Gasteiger partial charge in [-0.1, -0.05) is 0 Å². The highest BCUT2D eigenvalue weighted by Gasteiger charge is 2.42. The van der Waals surface area contributed by atoms with Gasteiger partial charge in [0.1, 0.15) is 0 Å². The first-order chi connectivity index (χ1) is 8.42. The van der Waals surface area contributed by atoms with E-state index in [0.717, 1.165) is 0 Å². The molecule has 2 unspecified atom stereocenters. The zero-order valence-electron chi connectivity index (χ0n) is 10.6. The summed E-state index contributed by atoms with van der Waals surface area (Å²) in [6.07, 6.45) is 1.61. The van der Waals surface area contributed by atoms with Crippen molar-refractivity contribution in [2.75, 3.05) is 19.6 Å². The summed E-state index contributed by atoms with van der Waals surface area (Å²) in [5, 5.41) is 2.70. The van der Waals surface area contributed by atoms with Gasteiger partial charge in [-0.15, -0.1) is 0 Å². The van der Waals surface area contributed by atoms with Crippen molar-refractivity contribution in [2.45, 2.75) is 26.2 Å². The summed E-state index contributed by atoms with van der Waals surface area (Å²) in [6.45, 7) is 3.17. The van der Waals surface area contributed by atoms with E-state index >= 15 is 0 Å². The molecule has 2 atom stereocenters. The first-order valence-electron chi connectivity index (χ1n) is 6.28. The van der Waals surface area contributed by atoms with Crippen LogP contribution in [-0.4, -0.2) is 42.3 Å². The minimum atomic E-state index is -0.604. The maximum absolute atomic E-state index is 12.2. The van der Waals surface area contributed by atoms with Crippen molar-refractivity contribution in [2.24, 2.45) is 17.1 Å². The molecule has 2 fully saturated rings. The van der Waals surface area contributed by atoms with Gasteiger partial charge in [-0.3, -0.25) is 14.4 Å². The van der Waals surface area contributed by atoms with Gasteiger partial charge < -0.3 is 16.0 Å². The van der Waals surface area contributed by atoms with Crippen LogP contribution in [-0.2, 0) is 14.4 Å². The normalized spacial score (nSPS) is 32.2. The van der Waals surface area contributed by atoms with Gasteiger partial charge in [-0.2, -0.15) is 0 Å². The molecule has 2 heterocycles. The summed E-state index contributed by atoms with van der Waals surface area (Å²) in [7, 11) is 0. The fraction of sp³-hybridized carbons (Fsp3) is 0.750. The second-order valence-electron chi connectivity index (χ2n) is 5.47. The van der Waals surface area contributed by atoms with Crippen molar-refractivity contribution in [3.05, 3.63) is 0 Å². The lowest BCUT2D eigenvalue weighted by Crippen LogP contribution is -2.45. The molecule has 0 spiro atoms. The second-order valence-corrected chi connectivity index (χ2v) is 5.47. The maximum Gasteiger partial charge on any atom is 0.227 e. The molecule has 0 aromatic heterocycles. The van der Waals surface area contributed by atoms with Crippen LogP contribution in [0.1, 0.15) is 26.2 Å². The summed E-state index contributed by atoms with van der Waals surface area (Å²) >= 11 is 0. The van der Waals surface area contributed by atoms with E-state index in [1.54, 1.807) is 11.8 Å². The van der Waals surface area contributed by atoms with Gasteiger partial charge in [0.2, 0.25) is 17.7 Å². The quantitative estimate of drug-likeness (QED) is 0.677. The number of hydrogen-bond acceptors (Lipinski definition) is 3. The van der Waals surface area contributed by atoms with Crippen molar-refractivity contribution in [1.29, 1.82) is 0 Å². The Labute approximate surface area is 106 Å². The molecule has 3 N–H and O–H groups in total. The van der Waals surface area contributed by atoms with Crippen molar-refractivity contribution in [3.8, 4) is 0 Å². The highest BCUT2D eigenvalue weighted by Crippen LogP contribution is 2.31. The van der Waals surface area contributed by atoms with Crippen molar-refractivity contribution < 1.29 is 14.4 Å². The number of amides is 3. The number of likely N-dealkylation sites (tertiary alicyclic amines) is 1. The second kappa shape index (κ2) is 4.59. The van der Waals surface area contributed by atoms with Crippen LogP contribution in [0.5, 0.6) is 0 Å². The standard InChI is InChI=1S/C12H19N3O3/c1-12(11(13)18)4-5-15(7-12)10(17)8-2-3-9(16)14-6-8/h8H,2-7H2,1H3,(H2,13,18)(H,14,16). The lowest BCUT2D eigenvalue weighted by molar-refractivity contribution is -0.137. The Morgan fingerprint density at radius 3 is 2.72 bits per heavy atom. The van der Waals surface area contributed by atoms with Crippen LogP contribution < -0.4 is 11.1 Å². The summed E-state index contributed by atoms with van der Waals surface area (Å²) < 4.78 is 0. The van der Waals surface area contributed by atoms with Gasteiger partial charge in [0, 0.05) is 26.1 Å². The molecule has 2 saturated heterocycles. The Kier molecular flexibility index (Phi) is 3.28. The van der Waals surface area contributed by atoms with Crippen molar-refractivity contribution >= 4 is 17.7 Å². The third kappa shape index (κ3) is 2.32. The van der Waals surface area contributed by atoms with E-state index in [2.05, 4.69) is 5.32 Å². The molecule has 18 heavy (non-hydrogen) atoms. The van der Waals surface area contributed by atoms with Crippen LogP contribution in [0.4, 0.5) is 0 Å². The van der Waals surface area contributed by atoms with E-state index in [-0.39, 0.29) is 23.6 Å². The molecule has 0 aromatic rings. The van der Waals surface area contributed by atoms with E-state index < -0.39 is 5.41 Å². The zero-order valence-corrected chi connectivity index (χ0v) is 10.6. The number of primary amides is 1. The minimum Gasteiger partial charge on any atom is -0.369 e. The lowest BCUT2D eigenvalue weighted by atomic mass is 9.89. The Bertz CT molecular complexity index is 386. The zero-order chi connectivity index (χ0) is 13.3. The number of nitrogens with zero attached hydrogens (tertiary/aromatic N) is 1. The molecule has 3 amide bonds. The van der Waals surface area contributed by atoms with Crippen LogP contribution in [0.3, 0.4) is 0 Å². The molecular formula is C12H19N3O3. The predicted octanol–water partition coefficient (Wildman–Crippen LogP) is -0.763. The molecule has 100 valence electrons. The van der Waals surface area contributed by atoms with E-state index in [0.29, 0.717) is 38.9 Å². The van der Waals surface area contributed by atoms with Gasteiger partial charge in [-0.25, -0.2) is 0 Å². The van der Waals surface area contributed by atoms with E-state index in [1.165, 1.54) is 0 Å².